The average Bonchev–Trinajstić information content (AvgIpc) is 1.97. The first-order chi connectivity index (χ1) is 6.60. The number of hydrogen-bond acceptors (Lipinski definition) is 0. The Morgan fingerprint density at radius 3 is 1.20 bits per heavy atom. The first-order valence-corrected chi connectivity index (χ1v) is 4.73. The number of halogens is 6. The molecule has 92 valence electrons. The van der Waals surface area contributed by atoms with Gasteiger partial charge in [-0.15, -0.1) is 0 Å². The Labute approximate surface area is 84.7 Å². The van der Waals surface area contributed by atoms with E-state index in [0.717, 1.165) is 0 Å². The maximum absolute atomic E-state index is 12.1. The molecule has 0 unspecified atom stereocenters. The molecule has 1 aliphatic carbocycles. The number of rotatable bonds is 0. The fourth-order valence-electron chi connectivity index (χ4n) is 1.75. The first-order valence-electron chi connectivity index (χ1n) is 4.73. The summed E-state index contributed by atoms with van der Waals surface area (Å²) in [4.78, 5) is 0. The first kappa shape index (κ1) is 14.6. The second kappa shape index (κ2) is 4.22. The van der Waals surface area contributed by atoms with Crippen molar-refractivity contribution in [2.45, 2.75) is 46.0 Å². The molecule has 0 amide bonds. The minimum Gasteiger partial charge on any atom is -0.170 e. The fraction of sp³-hybridized carbons (Fsp3) is 1.00. The van der Waals surface area contributed by atoms with Crippen LogP contribution in [0, 0.1) is 11.3 Å². The molecular formula is C9H14F6. The van der Waals surface area contributed by atoms with Crippen molar-refractivity contribution in [1.82, 2.24) is 0 Å². The largest absolute Gasteiger partial charge is 0.403 e. The van der Waals surface area contributed by atoms with E-state index in [1.807, 2.05) is 13.8 Å². The van der Waals surface area contributed by atoms with Gasteiger partial charge in [-0.2, -0.15) is 26.3 Å². The lowest BCUT2D eigenvalue weighted by Crippen LogP contribution is -2.57. The Bertz CT molecular complexity index is 180. The summed E-state index contributed by atoms with van der Waals surface area (Å²) in [6.07, 6.45) is -12.0. The molecule has 0 N–H and O–H groups in total. The quantitative estimate of drug-likeness (QED) is 0.541. The zero-order valence-corrected chi connectivity index (χ0v) is 8.76. The molecule has 0 aromatic heterocycles. The van der Waals surface area contributed by atoms with Gasteiger partial charge in [0.1, 0.15) is 0 Å². The van der Waals surface area contributed by atoms with Crippen LogP contribution < -0.4 is 0 Å². The van der Waals surface area contributed by atoms with Gasteiger partial charge in [0.15, 0.2) is 5.41 Å². The summed E-state index contributed by atoms with van der Waals surface area (Å²) in [5.74, 6) is -0.497. The van der Waals surface area contributed by atoms with Crippen LogP contribution in [0.4, 0.5) is 26.3 Å². The lowest BCUT2D eigenvalue weighted by molar-refractivity contribution is -0.374. The molecule has 0 aromatic carbocycles. The number of alkyl halides is 6. The van der Waals surface area contributed by atoms with Gasteiger partial charge in [-0.1, -0.05) is 20.8 Å². The van der Waals surface area contributed by atoms with Crippen molar-refractivity contribution in [3.8, 4) is 0 Å². The van der Waals surface area contributed by atoms with E-state index in [1.54, 1.807) is 0 Å². The molecule has 1 aliphatic rings. The highest BCUT2D eigenvalue weighted by atomic mass is 19.4. The van der Waals surface area contributed by atoms with E-state index in [-0.39, 0.29) is 0 Å². The number of hydrogen-bond donors (Lipinski definition) is 0. The van der Waals surface area contributed by atoms with Crippen LogP contribution in [0.3, 0.4) is 0 Å². The molecule has 0 bridgehead atoms. The second-order valence-corrected chi connectivity index (χ2v) is 3.59. The minimum atomic E-state index is -5.17. The maximum atomic E-state index is 12.1. The van der Waals surface area contributed by atoms with Crippen molar-refractivity contribution >= 4 is 0 Å². The summed E-state index contributed by atoms with van der Waals surface area (Å²) in [7, 11) is 0. The van der Waals surface area contributed by atoms with Crippen molar-refractivity contribution in [3.05, 3.63) is 0 Å². The summed E-state index contributed by atoms with van der Waals surface area (Å²) in [6.45, 7) is 5.38. The summed E-state index contributed by atoms with van der Waals surface area (Å²) >= 11 is 0. The van der Waals surface area contributed by atoms with E-state index >= 15 is 0 Å². The van der Waals surface area contributed by atoms with Crippen molar-refractivity contribution in [2.24, 2.45) is 11.3 Å². The van der Waals surface area contributed by atoms with Crippen LogP contribution in [0.15, 0.2) is 0 Å². The molecule has 0 heterocycles. The second-order valence-electron chi connectivity index (χ2n) is 3.59. The van der Waals surface area contributed by atoms with Gasteiger partial charge in [0.2, 0.25) is 0 Å². The zero-order chi connectivity index (χ0) is 12.5. The smallest absolute Gasteiger partial charge is 0.170 e. The van der Waals surface area contributed by atoms with Crippen LogP contribution in [-0.2, 0) is 0 Å². The van der Waals surface area contributed by atoms with Crippen LogP contribution >= 0.6 is 0 Å². The highest BCUT2D eigenvalue weighted by Gasteiger charge is 2.74. The minimum absolute atomic E-state index is 0.497. The van der Waals surface area contributed by atoms with Gasteiger partial charge in [-0.3, -0.25) is 0 Å². The van der Waals surface area contributed by atoms with Crippen LogP contribution in [-0.4, -0.2) is 12.4 Å². The molecule has 0 spiro atoms. The fourth-order valence-corrected chi connectivity index (χ4v) is 1.75. The standard InChI is InChI=1S/C7H8F6.C2H6/c1-4-2-5(3-4,6(8,9)10)7(11,12)13;1-2/h4H,2-3H2,1H3;1-2H3. The van der Waals surface area contributed by atoms with Crippen LogP contribution in [0.5, 0.6) is 0 Å². The third-order valence-corrected chi connectivity index (χ3v) is 2.48. The average molecular weight is 236 g/mol. The Balaban J connectivity index is 0.000000921. The van der Waals surface area contributed by atoms with Gasteiger partial charge in [0.25, 0.3) is 0 Å². The molecule has 0 saturated heterocycles. The Morgan fingerprint density at radius 2 is 1.13 bits per heavy atom. The Hall–Kier alpha value is -0.420. The molecule has 0 nitrogen and oxygen atoms in total. The van der Waals surface area contributed by atoms with Gasteiger partial charge in [0, 0.05) is 0 Å². The topological polar surface area (TPSA) is 0 Å². The van der Waals surface area contributed by atoms with Crippen molar-refractivity contribution < 1.29 is 26.3 Å². The van der Waals surface area contributed by atoms with Crippen molar-refractivity contribution in [3.63, 3.8) is 0 Å². The molecule has 1 saturated carbocycles. The van der Waals surface area contributed by atoms with E-state index in [9.17, 15) is 26.3 Å². The Morgan fingerprint density at radius 1 is 0.867 bits per heavy atom. The van der Waals surface area contributed by atoms with Crippen LogP contribution in [0.2, 0.25) is 0 Å². The third kappa shape index (κ3) is 2.39. The van der Waals surface area contributed by atoms with E-state index < -0.39 is 36.5 Å². The lowest BCUT2D eigenvalue weighted by Gasteiger charge is -2.47. The normalized spacial score (nSPS) is 21.4. The molecule has 1 fully saturated rings. The predicted molar refractivity (Wildman–Crippen MR) is 44.3 cm³/mol. The van der Waals surface area contributed by atoms with Crippen molar-refractivity contribution in [2.75, 3.05) is 0 Å². The van der Waals surface area contributed by atoms with E-state index in [2.05, 4.69) is 0 Å². The van der Waals surface area contributed by atoms with Crippen LogP contribution in [0.1, 0.15) is 33.6 Å². The van der Waals surface area contributed by atoms with E-state index in [4.69, 9.17) is 0 Å². The van der Waals surface area contributed by atoms with Gasteiger partial charge < -0.3 is 0 Å². The maximum Gasteiger partial charge on any atom is 0.403 e. The molecule has 0 aromatic rings. The molecule has 15 heavy (non-hydrogen) atoms. The molecule has 0 aliphatic heterocycles. The van der Waals surface area contributed by atoms with Gasteiger partial charge in [-0.05, 0) is 18.8 Å². The van der Waals surface area contributed by atoms with Crippen molar-refractivity contribution in [1.29, 1.82) is 0 Å². The van der Waals surface area contributed by atoms with Crippen LogP contribution in [0.25, 0.3) is 0 Å². The summed E-state index contributed by atoms with van der Waals surface area (Å²) in [6, 6.07) is 0. The highest BCUT2D eigenvalue weighted by molar-refractivity contribution is 5.02. The van der Waals surface area contributed by atoms with Gasteiger partial charge in [0.05, 0.1) is 0 Å². The molecule has 6 heteroatoms. The monoisotopic (exact) mass is 236 g/mol. The molecule has 0 radical (unpaired) electrons. The third-order valence-electron chi connectivity index (χ3n) is 2.48. The highest BCUT2D eigenvalue weighted by Crippen LogP contribution is 2.63. The Kier molecular flexibility index (Phi) is 4.10. The lowest BCUT2D eigenvalue weighted by atomic mass is 9.61. The predicted octanol–water partition coefficient (Wildman–Crippen LogP) is 4.55. The summed E-state index contributed by atoms with van der Waals surface area (Å²) < 4.78 is 72.6. The van der Waals surface area contributed by atoms with E-state index in [0.29, 0.717) is 0 Å². The molecule has 0 atom stereocenters. The summed E-state index contributed by atoms with van der Waals surface area (Å²) in [5.41, 5.74) is -3.43. The summed E-state index contributed by atoms with van der Waals surface area (Å²) in [5, 5.41) is 0. The zero-order valence-electron chi connectivity index (χ0n) is 8.76. The molecule has 1 rings (SSSR count). The van der Waals surface area contributed by atoms with Gasteiger partial charge in [-0.25, -0.2) is 0 Å². The molecular weight excluding hydrogens is 222 g/mol. The SMILES string of the molecule is CC.CC1CC(C(F)(F)F)(C(F)(F)F)C1. The van der Waals surface area contributed by atoms with Gasteiger partial charge >= 0.3 is 12.4 Å². The van der Waals surface area contributed by atoms with E-state index in [1.165, 1.54) is 6.92 Å².